The molecule has 2 aliphatic rings. The molecule has 1 aromatic heterocycles. The van der Waals surface area contributed by atoms with Crippen molar-refractivity contribution in [1.29, 1.82) is 0 Å². The van der Waals surface area contributed by atoms with Gasteiger partial charge in [0.05, 0.1) is 6.04 Å². The van der Waals surface area contributed by atoms with E-state index in [2.05, 4.69) is 5.32 Å². The summed E-state index contributed by atoms with van der Waals surface area (Å²) in [6.07, 6.45) is 3.52. The van der Waals surface area contributed by atoms with Gasteiger partial charge in [-0.2, -0.15) is 0 Å². The largest absolute Gasteiger partial charge is 0.491 e. The second kappa shape index (κ2) is 9.68. The highest BCUT2D eigenvalue weighted by molar-refractivity contribution is 7.10. The van der Waals surface area contributed by atoms with E-state index in [-0.39, 0.29) is 43.0 Å². The number of fused-ring (bicyclic) bond motifs is 1. The fourth-order valence-electron chi connectivity index (χ4n) is 3.93. The molecular weight excluding hydrogens is 417 g/mol. The maximum Gasteiger partial charge on any atom is 0.318 e. The highest BCUT2D eigenvalue weighted by Crippen LogP contribution is 2.34. The molecule has 0 spiro atoms. The molecule has 1 saturated carbocycles. The summed E-state index contributed by atoms with van der Waals surface area (Å²) in [6, 6.07) is 7.78. The maximum absolute atomic E-state index is 13.5. The topological polar surface area (TPSA) is 61.9 Å². The summed E-state index contributed by atoms with van der Waals surface area (Å²) in [7, 11) is 0. The van der Waals surface area contributed by atoms with Crippen LogP contribution >= 0.6 is 11.3 Å². The van der Waals surface area contributed by atoms with Crippen LogP contribution in [-0.2, 0) is 11.2 Å². The monoisotopic (exact) mass is 445 g/mol. The molecule has 0 saturated heterocycles. The predicted molar refractivity (Wildman–Crippen MR) is 118 cm³/mol. The van der Waals surface area contributed by atoms with Gasteiger partial charge in [-0.05, 0) is 54.8 Å². The molecule has 31 heavy (non-hydrogen) atoms. The Morgan fingerprint density at radius 2 is 2.16 bits per heavy atom. The number of thiophene rings is 1. The first-order valence-electron chi connectivity index (χ1n) is 10.9. The van der Waals surface area contributed by atoms with Gasteiger partial charge in [0.15, 0.2) is 0 Å². The predicted octanol–water partition coefficient (Wildman–Crippen LogP) is 3.98. The van der Waals surface area contributed by atoms with Gasteiger partial charge >= 0.3 is 6.03 Å². The van der Waals surface area contributed by atoms with Crippen LogP contribution in [0.5, 0.6) is 5.75 Å². The molecule has 1 atom stereocenters. The zero-order chi connectivity index (χ0) is 21.8. The van der Waals surface area contributed by atoms with Gasteiger partial charge < -0.3 is 19.9 Å². The lowest BCUT2D eigenvalue weighted by atomic mass is 10.0. The number of hydrogen-bond donors (Lipinski definition) is 1. The first kappa shape index (κ1) is 21.6. The van der Waals surface area contributed by atoms with Gasteiger partial charge in [0.25, 0.3) is 0 Å². The number of nitrogens with zero attached hydrogens (tertiary/aromatic N) is 2. The van der Waals surface area contributed by atoms with E-state index in [0.29, 0.717) is 18.8 Å². The summed E-state index contributed by atoms with van der Waals surface area (Å²) in [6.45, 7) is 3.49. The first-order chi connectivity index (χ1) is 15.1. The Morgan fingerprint density at radius 1 is 1.32 bits per heavy atom. The SMILES string of the molecule is CCCNC(=O)N(CC(=O)N1CCc2sccc2C1COc1cccc(F)c1)C1CC1. The lowest BCUT2D eigenvalue weighted by Gasteiger charge is -2.37. The van der Waals surface area contributed by atoms with Crippen LogP contribution in [0, 0.1) is 5.82 Å². The third-order valence-corrected chi connectivity index (χ3v) is 6.70. The summed E-state index contributed by atoms with van der Waals surface area (Å²) in [5.41, 5.74) is 1.08. The van der Waals surface area contributed by atoms with Crippen LogP contribution in [0.3, 0.4) is 0 Å². The fraction of sp³-hybridized carbons (Fsp3) is 0.478. The van der Waals surface area contributed by atoms with Crippen molar-refractivity contribution in [2.24, 2.45) is 0 Å². The number of urea groups is 1. The summed E-state index contributed by atoms with van der Waals surface area (Å²) in [5.74, 6) is 0.00000831. The van der Waals surface area contributed by atoms with Crippen LogP contribution in [-0.4, -0.2) is 54.0 Å². The Hall–Kier alpha value is -2.61. The molecule has 2 heterocycles. The van der Waals surface area contributed by atoms with E-state index in [0.717, 1.165) is 31.2 Å². The Balaban J connectivity index is 1.48. The number of ether oxygens (including phenoxy) is 1. The molecule has 1 unspecified atom stereocenters. The summed E-state index contributed by atoms with van der Waals surface area (Å²) in [5, 5.41) is 4.92. The Morgan fingerprint density at radius 3 is 2.90 bits per heavy atom. The molecule has 2 aromatic rings. The van der Waals surface area contributed by atoms with Gasteiger partial charge in [0.2, 0.25) is 5.91 Å². The number of halogens is 1. The van der Waals surface area contributed by atoms with Crippen LogP contribution in [0.25, 0.3) is 0 Å². The second-order valence-electron chi connectivity index (χ2n) is 8.01. The molecule has 4 rings (SSSR count). The lowest BCUT2D eigenvalue weighted by molar-refractivity contribution is -0.135. The quantitative estimate of drug-likeness (QED) is 0.669. The Labute approximate surface area is 186 Å². The number of carbonyl (C=O) groups excluding carboxylic acids is 2. The smallest absolute Gasteiger partial charge is 0.318 e. The van der Waals surface area contributed by atoms with E-state index >= 15 is 0 Å². The van der Waals surface area contributed by atoms with E-state index in [1.165, 1.54) is 17.0 Å². The third-order valence-electron chi connectivity index (χ3n) is 5.70. The van der Waals surface area contributed by atoms with Crippen LogP contribution in [0.2, 0.25) is 0 Å². The number of hydrogen-bond acceptors (Lipinski definition) is 4. The highest BCUT2D eigenvalue weighted by Gasteiger charge is 2.37. The van der Waals surface area contributed by atoms with Gasteiger partial charge in [0.1, 0.15) is 24.7 Å². The first-order valence-corrected chi connectivity index (χ1v) is 11.7. The van der Waals surface area contributed by atoms with Crippen molar-refractivity contribution in [3.05, 3.63) is 52.0 Å². The molecule has 166 valence electrons. The van der Waals surface area contributed by atoms with Crippen molar-refractivity contribution >= 4 is 23.3 Å². The minimum atomic E-state index is -0.358. The zero-order valence-electron chi connectivity index (χ0n) is 17.7. The molecule has 1 aliphatic carbocycles. The average molecular weight is 446 g/mol. The van der Waals surface area contributed by atoms with E-state index < -0.39 is 0 Å². The highest BCUT2D eigenvalue weighted by atomic mass is 32.1. The Kier molecular flexibility index (Phi) is 6.75. The minimum absolute atomic E-state index is 0.0656. The second-order valence-corrected chi connectivity index (χ2v) is 9.01. The molecular formula is C23H28FN3O3S. The molecule has 6 nitrogen and oxygen atoms in total. The van der Waals surface area contributed by atoms with Gasteiger partial charge in [-0.15, -0.1) is 11.3 Å². The number of benzene rings is 1. The van der Waals surface area contributed by atoms with Crippen LogP contribution in [0.4, 0.5) is 9.18 Å². The van der Waals surface area contributed by atoms with Crippen LogP contribution in [0.15, 0.2) is 35.7 Å². The molecule has 0 radical (unpaired) electrons. The van der Waals surface area contributed by atoms with Gasteiger partial charge in [-0.25, -0.2) is 9.18 Å². The fourth-order valence-corrected chi connectivity index (χ4v) is 4.86. The lowest BCUT2D eigenvalue weighted by Crippen LogP contribution is -2.50. The molecule has 1 N–H and O–H groups in total. The Bertz CT molecular complexity index is 930. The molecule has 3 amide bonds. The number of carbonyl (C=O) groups is 2. The normalized spacial score (nSPS) is 17.7. The molecule has 1 aliphatic heterocycles. The van der Waals surface area contributed by atoms with Crippen molar-refractivity contribution in [2.75, 3.05) is 26.2 Å². The zero-order valence-corrected chi connectivity index (χ0v) is 18.5. The average Bonchev–Trinajstić information content (AvgIpc) is 3.49. The van der Waals surface area contributed by atoms with Crippen LogP contribution < -0.4 is 10.1 Å². The van der Waals surface area contributed by atoms with Crippen molar-refractivity contribution < 1.29 is 18.7 Å². The maximum atomic E-state index is 13.5. The van der Waals surface area contributed by atoms with Gasteiger partial charge in [-0.1, -0.05) is 13.0 Å². The van der Waals surface area contributed by atoms with E-state index in [1.54, 1.807) is 28.4 Å². The summed E-state index contributed by atoms with van der Waals surface area (Å²) in [4.78, 5) is 30.6. The van der Waals surface area contributed by atoms with Crippen LogP contribution in [0.1, 0.15) is 42.7 Å². The number of nitrogens with one attached hydrogen (secondary N) is 1. The van der Waals surface area contributed by atoms with Crippen molar-refractivity contribution in [2.45, 2.75) is 44.7 Å². The van der Waals surface area contributed by atoms with Gasteiger partial charge in [0, 0.05) is 30.1 Å². The minimum Gasteiger partial charge on any atom is -0.491 e. The van der Waals surface area contributed by atoms with Gasteiger partial charge in [-0.3, -0.25) is 4.79 Å². The van der Waals surface area contributed by atoms with Crippen molar-refractivity contribution in [3.8, 4) is 5.75 Å². The summed E-state index contributed by atoms with van der Waals surface area (Å²) >= 11 is 1.68. The third kappa shape index (κ3) is 5.18. The van der Waals surface area contributed by atoms with Crippen molar-refractivity contribution in [1.82, 2.24) is 15.1 Å². The molecule has 1 fully saturated rings. The number of amides is 3. The molecule has 8 heteroatoms. The van der Waals surface area contributed by atoms with E-state index in [9.17, 15) is 14.0 Å². The summed E-state index contributed by atoms with van der Waals surface area (Å²) < 4.78 is 19.4. The van der Waals surface area contributed by atoms with Crippen molar-refractivity contribution in [3.63, 3.8) is 0 Å². The molecule has 1 aromatic carbocycles. The number of rotatable bonds is 8. The standard InChI is InChI=1S/C23H28FN3O3S/c1-2-10-25-23(29)27(17-6-7-17)14-22(28)26-11-8-21-19(9-12-31-21)20(26)15-30-18-5-3-4-16(24)13-18/h3-5,9,12-13,17,20H,2,6-8,10-11,14-15H2,1H3,(H,25,29). The van der Waals surface area contributed by atoms with E-state index in [4.69, 9.17) is 4.74 Å². The molecule has 0 bridgehead atoms. The van der Waals surface area contributed by atoms with E-state index in [1.807, 2.05) is 23.3 Å².